The minimum atomic E-state index is -0.338. The van der Waals surface area contributed by atoms with Crippen LogP contribution in [0.3, 0.4) is 0 Å². The van der Waals surface area contributed by atoms with Crippen molar-refractivity contribution in [1.29, 1.82) is 0 Å². The second kappa shape index (κ2) is 11.0. The molecular weight excluding hydrogens is 335 g/mol. The fraction of sp³-hybridized carbons (Fsp3) is 0.632. The van der Waals surface area contributed by atoms with Crippen LogP contribution in [0.25, 0.3) is 0 Å². The fourth-order valence-corrected chi connectivity index (χ4v) is 2.90. The van der Waals surface area contributed by atoms with Crippen LogP contribution in [0.1, 0.15) is 6.92 Å². The number of hydrogen-bond donors (Lipinski definition) is 1. The molecule has 1 aliphatic rings. The average Bonchev–Trinajstić information content (AvgIpc) is 2.64. The Morgan fingerprint density at radius 1 is 1.38 bits per heavy atom. The lowest BCUT2D eigenvalue weighted by molar-refractivity contribution is 0.0320. The summed E-state index contributed by atoms with van der Waals surface area (Å²) in [5.74, 6) is 1.27. The van der Waals surface area contributed by atoms with E-state index in [1.807, 2.05) is 11.9 Å². The third-order valence-corrected chi connectivity index (χ3v) is 4.38. The van der Waals surface area contributed by atoms with Crippen LogP contribution in [0, 0.1) is 11.7 Å². The van der Waals surface area contributed by atoms with Crippen LogP contribution in [0.15, 0.2) is 29.3 Å². The average molecular weight is 366 g/mol. The lowest BCUT2D eigenvalue weighted by Crippen LogP contribution is -2.45. The van der Waals surface area contributed by atoms with Gasteiger partial charge in [-0.15, -0.1) is 0 Å². The number of morpholine rings is 1. The van der Waals surface area contributed by atoms with Gasteiger partial charge < -0.3 is 19.7 Å². The molecule has 1 heterocycles. The second-order valence-corrected chi connectivity index (χ2v) is 6.65. The maximum Gasteiger partial charge on any atom is 0.193 e. The molecule has 0 spiro atoms. The highest BCUT2D eigenvalue weighted by molar-refractivity contribution is 5.79. The molecule has 7 heteroatoms. The zero-order valence-corrected chi connectivity index (χ0v) is 16.1. The zero-order chi connectivity index (χ0) is 18.8. The summed E-state index contributed by atoms with van der Waals surface area (Å²) in [6.45, 7) is 8.80. The summed E-state index contributed by atoms with van der Waals surface area (Å²) in [4.78, 5) is 8.74. The van der Waals surface area contributed by atoms with E-state index in [2.05, 4.69) is 22.1 Å². The molecule has 1 N–H and O–H groups in total. The van der Waals surface area contributed by atoms with E-state index in [1.54, 1.807) is 25.2 Å². The largest absolute Gasteiger partial charge is 0.489 e. The van der Waals surface area contributed by atoms with Crippen molar-refractivity contribution in [3.8, 4) is 5.75 Å². The van der Waals surface area contributed by atoms with Crippen molar-refractivity contribution in [1.82, 2.24) is 15.1 Å². The monoisotopic (exact) mass is 366 g/mol. The van der Waals surface area contributed by atoms with Crippen molar-refractivity contribution in [2.75, 3.05) is 66.6 Å². The molecule has 26 heavy (non-hydrogen) atoms. The van der Waals surface area contributed by atoms with Gasteiger partial charge in [-0.25, -0.2) is 4.39 Å². The van der Waals surface area contributed by atoms with Crippen LogP contribution in [-0.2, 0) is 4.74 Å². The van der Waals surface area contributed by atoms with Crippen molar-refractivity contribution in [2.45, 2.75) is 6.92 Å². The summed E-state index contributed by atoms with van der Waals surface area (Å²) in [5.41, 5.74) is 0. The number of guanidine groups is 1. The Morgan fingerprint density at radius 3 is 2.81 bits per heavy atom. The number of halogens is 1. The van der Waals surface area contributed by atoms with Crippen molar-refractivity contribution < 1.29 is 13.9 Å². The molecule has 1 fully saturated rings. The number of ether oxygens (including phenoxy) is 2. The van der Waals surface area contributed by atoms with Gasteiger partial charge in [0.1, 0.15) is 6.61 Å². The molecule has 0 radical (unpaired) electrons. The smallest absolute Gasteiger partial charge is 0.193 e. The third-order valence-electron chi connectivity index (χ3n) is 4.38. The predicted molar refractivity (Wildman–Crippen MR) is 102 cm³/mol. The van der Waals surface area contributed by atoms with Gasteiger partial charge in [0.2, 0.25) is 0 Å². The first kappa shape index (κ1) is 20.5. The van der Waals surface area contributed by atoms with Crippen LogP contribution in [-0.4, -0.2) is 82.4 Å². The van der Waals surface area contributed by atoms with Gasteiger partial charge in [-0.3, -0.25) is 9.89 Å². The van der Waals surface area contributed by atoms with Crippen molar-refractivity contribution in [3.63, 3.8) is 0 Å². The first-order chi connectivity index (χ1) is 12.6. The number of para-hydroxylation sites is 1. The summed E-state index contributed by atoms with van der Waals surface area (Å²) in [6.07, 6.45) is 0. The Balaban J connectivity index is 1.68. The molecule has 6 nitrogen and oxygen atoms in total. The van der Waals surface area contributed by atoms with Gasteiger partial charge in [0.05, 0.1) is 19.8 Å². The molecule has 146 valence electrons. The number of benzene rings is 1. The highest BCUT2D eigenvalue weighted by atomic mass is 19.1. The van der Waals surface area contributed by atoms with Crippen LogP contribution < -0.4 is 10.1 Å². The highest BCUT2D eigenvalue weighted by Crippen LogP contribution is 2.15. The number of nitrogens with zero attached hydrogens (tertiary/aromatic N) is 3. The Morgan fingerprint density at radius 2 is 2.12 bits per heavy atom. The summed E-state index contributed by atoms with van der Waals surface area (Å²) in [6, 6.07) is 6.45. The minimum Gasteiger partial charge on any atom is -0.489 e. The third kappa shape index (κ3) is 6.80. The highest BCUT2D eigenvalue weighted by Gasteiger charge is 2.15. The molecule has 1 aromatic carbocycles. The second-order valence-electron chi connectivity index (χ2n) is 6.65. The molecule has 0 saturated carbocycles. The molecule has 1 aliphatic heterocycles. The Labute approximate surface area is 156 Å². The summed E-state index contributed by atoms with van der Waals surface area (Å²) in [5, 5.41) is 3.41. The van der Waals surface area contributed by atoms with Gasteiger partial charge in [-0.2, -0.15) is 0 Å². The first-order valence-electron chi connectivity index (χ1n) is 9.19. The summed E-state index contributed by atoms with van der Waals surface area (Å²) < 4.78 is 24.5. The molecule has 1 unspecified atom stereocenters. The number of likely N-dealkylation sites (N-methyl/N-ethyl adjacent to an activating group) is 1. The number of rotatable bonds is 8. The van der Waals surface area contributed by atoms with Crippen LogP contribution in [0.4, 0.5) is 4.39 Å². The topological polar surface area (TPSA) is 49.3 Å². The van der Waals surface area contributed by atoms with Crippen LogP contribution in [0.2, 0.25) is 0 Å². The van der Waals surface area contributed by atoms with Crippen LogP contribution in [0.5, 0.6) is 5.75 Å². The molecule has 1 saturated heterocycles. The van der Waals surface area contributed by atoms with E-state index in [9.17, 15) is 4.39 Å². The van der Waals surface area contributed by atoms with Crippen molar-refractivity contribution in [2.24, 2.45) is 10.9 Å². The molecule has 2 rings (SSSR count). The molecule has 1 aromatic rings. The lowest BCUT2D eigenvalue weighted by atomic mass is 10.1. The van der Waals surface area contributed by atoms with E-state index in [0.29, 0.717) is 19.1 Å². The molecule has 1 atom stereocenters. The van der Waals surface area contributed by atoms with Crippen LogP contribution >= 0.6 is 0 Å². The molecule has 0 bridgehead atoms. The van der Waals surface area contributed by atoms with Gasteiger partial charge >= 0.3 is 0 Å². The summed E-state index contributed by atoms with van der Waals surface area (Å²) >= 11 is 0. The van der Waals surface area contributed by atoms with Gasteiger partial charge in [0.25, 0.3) is 0 Å². The number of hydrogen-bond acceptors (Lipinski definition) is 4. The standard InChI is InChI=1S/C19H31FN4O2/c1-16(15-24-9-11-25-12-10-24)14-22-19(21-2)23(3)8-13-26-18-7-5-4-6-17(18)20/h4-7,16H,8-15H2,1-3H3,(H,21,22). The lowest BCUT2D eigenvalue weighted by Gasteiger charge is -2.30. The van der Waals surface area contributed by atoms with Gasteiger partial charge in [-0.05, 0) is 18.1 Å². The maximum atomic E-state index is 13.6. The Bertz CT molecular complexity index is 564. The molecular formula is C19H31FN4O2. The molecule has 0 aromatic heterocycles. The first-order valence-corrected chi connectivity index (χ1v) is 9.19. The van der Waals surface area contributed by atoms with E-state index in [4.69, 9.17) is 9.47 Å². The predicted octanol–water partition coefficient (Wildman–Crippen LogP) is 1.68. The molecule has 0 aliphatic carbocycles. The van der Waals surface area contributed by atoms with Crippen molar-refractivity contribution in [3.05, 3.63) is 30.1 Å². The Kier molecular flexibility index (Phi) is 8.64. The zero-order valence-electron chi connectivity index (χ0n) is 16.1. The van der Waals surface area contributed by atoms with E-state index in [0.717, 1.165) is 45.4 Å². The van der Waals surface area contributed by atoms with E-state index < -0.39 is 0 Å². The normalized spacial score (nSPS) is 17.0. The van der Waals surface area contributed by atoms with Gasteiger partial charge in [0.15, 0.2) is 17.5 Å². The minimum absolute atomic E-state index is 0.281. The van der Waals surface area contributed by atoms with Gasteiger partial charge in [0, 0.05) is 40.3 Å². The van der Waals surface area contributed by atoms with E-state index >= 15 is 0 Å². The van der Waals surface area contributed by atoms with Gasteiger partial charge in [-0.1, -0.05) is 19.1 Å². The Hall–Kier alpha value is -1.86. The quantitative estimate of drug-likeness (QED) is 0.560. The SMILES string of the molecule is CN=C(NCC(C)CN1CCOCC1)N(C)CCOc1ccccc1F. The number of nitrogens with one attached hydrogen (secondary N) is 1. The van der Waals surface area contributed by atoms with E-state index in [1.165, 1.54) is 6.07 Å². The number of aliphatic imine (C=N–C) groups is 1. The maximum absolute atomic E-state index is 13.6. The van der Waals surface area contributed by atoms with Crippen molar-refractivity contribution >= 4 is 5.96 Å². The molecule has 0 amide bonds. The fourth-order valence-electron chi connectivity index (χ4n) is 2.90. The summed E-state index contributed by atoms with van der Waals surface area (Å²) in [7, 11) is 3.72. The van der Waals surface area contributed by atoms with E-state index in [-0.39, 0.29) is 11.6 Å².